The van der Waals surface area contributed by atoms with Crippen LogP contribution < -0.4 is 5.32 Å². The van der Waals surface area contributed by atoms with E-state index in [1.807, 2.05) is 35.9 Å². The molecule has 25 heavy (non-hydrogen) atoms. The van der Waals surface area contributed by atoms with Crippen molar-refractivity contribution in [2.45, 2.75) is 5.16 Å². The third kappa shape index (κ3) is 4.39. The second-order valence-electron chi connectivity index (χ2n) is 5.04. The number of benzene rings is 1. The van der Waals surface area contributed by atoms with Crippen molar-refractivity contribution >= 4 is 51.0 Å². The molecule has 2 aromatic heterocycles. The lowest BCUT2D eigenvalue weighted by Crippen LogP contribution is -2.15. The summed E-state index contributed by atoms with van der Waals surface area (Å²) in [4.78, 5) is 16.2. The fourth-order valence-corrected chi connectivity index (χ4v) is 3.24. The minimum Gasteiger partial charge on any atom is -0.310 e. The maximum atomic E-state index is 12.1. The number of hydrogen-bond acceptors (Lipinski definition) is 5. The van der Waals surface area contributed by atoms with Crippen LogP contribution in [0.3, 0.4) is 0 Å². The zero-order valence-electron chi connectivity index (χ0n) is 13.1. The summed E-state index contributed by atoms with van der Waals surface area (Å²) in [5.74, 6) is 1.19. The van der Waals surface area contributed by atoms with Crippen molar-refractivity contribution in [3.63, 3.8) is 0 Å². The Morgan fingerprint density at radius 3 is 2.80 bits per heavy atom. The van der Waals surface area contributed by atoms with Crippen LogP contribution in [0, 0.1) is 0 Å². The number of amides is 1. The Morgan fingerprint density at radius 1 is 1.28 bits per heavy atom. The van der Waals surface area contributed by atoms with E-state index in [-0.39, 0.29) is 11.7 Å². The highest BCUT2D eigenvalue weighted by atomic mass is 79.9. The molecule has 9 heteroatoms. The highest BCUT2D eigenvalue weighted by molar-refractivity contribution is 9.10. The molecule has 1 aromatic carbocycles. The van der Waals surface area contributed by atoms with Gasteiger partial charge in [0.2, 0.25) is 5.91 Å². The molecule has 0 fully saturated rings. The van der Waals surface area contributed by atoms with Gasteiger partial charge in [0.05, 0.1) is 10.8 Å². The SMILES string of the molecule is Cn1c(SCC(=O)Nc2ccc(Br)cn2)nnc1-c1ccccc1Cl. The third-order valence-electron chi connectivity index (χ3n) is 3.28. The van der Waals surface area contributed by atoms with Crippen molar-refractivity contribution < 1.29 is 4.79 Å². The van der Waals surface area contributed by atoms with Crippen LogP contribution in [0.4, 0.5) is 5.82 Å². The summed E-state index contributed by atoms with van der Waals surface area (Å²) in [6.07, 6.45) is 1.63. The number of halogens is 2. The number of carbonyl (C=O) groups excluding carboxylic acids is 1. The van der Waals surface area contributed by atoms with Gasteiger partial charge in [-0.05, 0) is 40.2 Å². The predicted molar refractivity (Wildman–Crippen MR) is 103 cm³/mol. The molecule has 0 unspecified atom stereocenters. The van der Waals surface area contributed by atoms with Crippen molar-refractivity contribution in [1.82, 2.24) is 19.7 Å². The predicted octanol–water partition coefficient (Wildman–Crippen LogP) is 4.02. The fourth-order valence-electron chi connectivity index (χ4n) is 2.08. The van der Waals surface area contributed by atoms with E-state index in [9.17, 15) is 4.79 Å². The van der Waals surface area contributed by atoms with E-state index in [2.05, 4.69) is 36.4 Å². The van der Waals surface area contributed by atoms with Crippen LogP contribution in [0.1, 0.15) is 0 Å². The average molecular weight is 439 g/mol. The minimum atomic E-state index is -0.165. The number of hydrogen-bond donors (Lipinski definition) is 1. The zero-order valence-corrected chi connectivity index (χ0v) is 16.3. The summed E-state index contributed by atoms with van der Waals surface area (Å²) in [7, 11) is 1.84. The van der Waals surface area contributed by atoms with E-state index in [4.69, 9.17) is 11.6 Å². The van der Waals surface area contributed by atoms with E-state index in [1.54, 1.807) is 18.3 Å². The van der Waals surface area contributed by atoms with Gasteiger partial charge in [-0.3, -0.25) is 4.79 Å². The molecule has 1 amide bonds. The highest BCUT2D eigenvalue weighted by Gasteiger charge is 2.15. The zero-order chi connectivity index (χ0) is 17.8. The van der Waals surface area contributed by atoms with E-state index < -0.39 is 0 Å². The third-order valence-corrected chi connectivity index (χ3v) is 5.10. The standard InChI is InChI=1S/C16H13BrClN5OS/c1-23-15(11-4-2-3-5-12(11)18)21-22-16(23)25-9-14(24)20-13-7-6-10(17)8-19-13/h2-8H,9H2,1H3,(H,19,20,24). The number of carbonyl (C=O) groups is 1. The smallest absolute Gasteiger partial charge is 0.236 e. The van der Waals surface area contributed by atoms with Crippen molar-refractivity contribution in [2.24, 2.45) is 7.05 Å². The van der Waals surface area contributed by atoms with Gasteiger partial charge in [0.15, 0.2) is 11.0 Å². The molecule has 128 valence electrons. The summed E-state index contributed by atoms with van der Waals surface area (Å²) in [6.45, 7) is 0. The molecule has 0 aliphatic carbocycles. The number of thioether (sulfide) groups is 1. The molecule has 3 rings (SSSR count). The van der Waals surface area contributed by atoms with Crippen LogP contribution in [-0.4, -0.2) is 31.4 Å². The monoisotopic (exact) mass is 437 g/mol. The van der Waals surface area contributed by atoms with Crippen LogP contribution in [0.2, 0.25) is 5.02 Å². The lowest BCUT2D eigenvalue weighted by atomic mass is 10.2. The van der Waals surface area contributed by atoms with Gasteiger partial charge in [-0.25, -0.2) is 4.98 Å². The van der Waals surface area contributed by atoms with Crippen molar-refractivity contribution in [3.8, 4) is 11.4 Å². The van der Waals surface area contributed by atoms with Crippen molar-refractivity contribution in [3.05, 3.63) is 52.1 Å². The first-order chi connectivity index (χ1) is 12.0. The number of anilines is 1. The number of nitrogens with zero attached hydrogens (tertiary/aromatic N) is 4. The van der Waals surface area contributed by atoms with Crippen molar-refractivity contribution in [2.75, 3.05) is 11.1 Å². The Labute approximate surface area is 162 Å². The number of pyridine rings is 1. The maximum Gasteiger partial charge on any atom is 0.236 e. The summed E-state index contributed by atoms with van der Waals surface area (Å²) in [6, 6.07) is 11.0. The van der Waals surface area contributed by atoms with E-state index in [1.165, 1.54) is 11.8 Å². The van der Waals surface area contributed by atoms with E-state index in [0.29, 0.717) is 21.8 Å². The van der Waals surface area contributed by atoms with Crippen LogP contribution in [0.25, 0.3) is 11.4 Å². The second-order valence-corrected chi connectivity index (χ2v) is 7.31. The Kier molecular flexibility index (Phi) is 5.72. The summed E-state index contributed by atoms with van der Waals surface area (Å²) in [5, 5.41) is 12.3. The van der Waals surface area contributed by atoms with Crippen LogP contribution >= 0.6 is 39.3 Å². The van der Waals surface area contributed by atoms with Gasteiger partial charge in [-0.1, -0.05) is 35.5 Å². The van der Waals surface area contributed by atoms with Gasteiger partial charge in [-0.15, -0.1) is 10.2 Å². The Bertz CT molecular complexity index is 900. The molecule has 0 radical (unpaired) electrons. The second kappa shape index (κ2) is 7.99. The Hall–Kier alpha value is -1.90. The number of aromatic nitrogens is 4. The van der Waals surface area contributed by atoms with Crippen LogP contribution in [0.5, 0.6) is 0 Å². The summed E-state index contributed by atoms with van der Waals surface area (Å²) < 4.78 is 2.67. The first-order valence-electron chi connectivity index (χ1n) is 7.23. The van der Waals surface area contributed by atoms with Gasteiger partial charge in [0.1, 0.15) is 5.82 Å². The van der Waals surface area contributed by atoms with E-state index in [0.717, 1.165) is 10.0 Å². The first kappa shape index (κ1) is 17.9. The molecule has 0 bridgehead atoms. The lowest BCUT2D eigenvalue weighted by Gasteiger charge is -2.06. The molecule has 0 atom stereocenters. The first-order valence-corrected chi connectivity index (χ1v) is 9.39. The Balaban J connectivity index is 1.65. The van der Waals surface area contributed by atoms with Gasteiger partial charge < -0.3 is 9.88 Å². The largest absolute Gasteiger partial charge is 0.310 e. The molecule has 0 spiro atoms. The molecular formula is C16H13BrClN5OS. The number of nitrogens with one attached hydrogen (secondary N) is 1. The van der Waals surface area contributed by atoms with Gasteiger partial charge >= 0.3 is 0 Å². The fraction of sp³-hybridized carbons (Fsp3) is 0.125. The molecule has 0 saturated carbocycles. The quantitative estimate of drug-likeness (QED) is 0.609. The normalized spacial score (nSPS) is 10.7. The molecule has 3 aromatic rings. The van der Waals surface area contributed by atoms with Crippen LogP contribution in [-0.2, 0) is 11.8 Å². The molecule has 0 aliphatic rings. The average Bonchev–Trinajstić information content (AvgIpc) is 2.96. The van der Waals surface area contributed by atoms with Gasteiger partial charge in [-0.2, -0.15) is 0 Å². The minimum absolute atomic E-state index is 0.165. The van der Waals surface area contributed by atoms with E-state index >= 15 is 0 Å². The molecule has 0 saturated heterocycles. The maximum absolute atomic E-state index is 12.1. The molecule has 1 N–H and O–H groups in total. The van der Waals surface area contributed by atoms with Crippen LogP contribution in [0.15, 0.2) is 52.2 Å². The van der Waals surface area contributed by atoms with Gasteiger partial charge in [0, 0.05) is 23.3 Å². The number of rotatable bonds is 5. The molecular weight excluding hydrogens is 426 g/mol. The molecule has 6 nitrogen and oxygen atoms in total. The van der Waals surface area contributed by atoms with Gasteiger partial charge in [0.25, 0.3) is 0 Å². The topological polar surface area (TPSA) is 72.7 Å². The Morgan fingerprint density at radius 2 is 2.08 bits per heavy atom. The van der Waals surface area contributed by atoms with Crippen molar-refractivity contribution in [1.29, 1.82) is 0 Å². The molecule has 2 heterocycles. The lowest BCUT2D eigenvalue weighted by molar-refractivity contribution is -0.113. The highest BCUT2D eigenvalue weighted by Crippen LogP contribution is 2.28. The summed E-state index contributed by atoms with van der Waals surface area (Å²) >= 11 is 10.8. The summed E-state index contributed by atoms with van der Waals surface area (Å²) in [5.41, 5.74) is 0.800. The molecule has 0 aliphatic heterocycles.